The quantitative estimate of drug-likeness (QED) is 0.796. The van der Waals surface area contributed by atoms with Crippen LogP contribution in [0.4, 0.5) is 29.1 Å². The van der Waals surface area contributed by atoms with Gasteiger partial charge in [-0.1, -0.05) is 0 Å². The van der Waals surface area contributed by atoms with Crippen LogP contribution < -0.4 is 5.32 Å². The fourth-order valence-corrected chi connectivity index (χ4v) is 1.90. The van der Waals surface area contributed by atoms with Gasteiger partial charge in [-0.05, 0) is 40.2 Å². The van der Waals surface area contributed by atoms with Gasteiger partial charge in [0.05, 0.1) is 17.2 Å². The van der Waals surface area contributed by atoms with Gasteiger partial charge in [0.2, 0.25) is 0 Å². The van der Waals surface area contributed by atoms with Gasteiger partial charge >= 0.3 is 6.18 Å². The van der Waals surface area contributed by atoms with Crippen LogP contribution in [0.5, 0.6) is 0 Å². The molecule has 0 saturated heterocycles. The standard InChI is InChI=1S/C13H6BrF4N3/c14-8-3-11(15)12(20-6-8)21-9-2-1-7(5-19)10(4-9)13(16,17)18/h1-4,6H,(H,20,21). The summed E-state index contributed by atoms with van der Waals surface area (Å²) in [6.07, 6.45) is -3.37. The predicted octanol–water partition coefficient (Wildman–Crippen LogP) is 4.62. The number of hydrogen-bond donors (Lipinski definition) is 1. The summed E-state index contributed by atoms with van der Waals surface area (Å²) >= 11 is 3.02. The smallest absolute Gasteiger partial charge is 0.338 e. The van der Waals surface area contributed by atoms with Crippen molar-refractivity contribution < 1.29 is 17.6 Å². The minimum absolute atomic E-state index is 0.0185. The average molecular weight is 360 g/mol. The minimum Gasteiger partial charge on any atom is -0.338 e. The van der Waals surface area contributed by atoms with Gasteiger partial charge in [0.15, 0.2) is 11.6 Å². The molecule has 1 aromatic heterocycles. The molecule has 1 N–H and O–H groups in total. The van der Waals surface area contributed by atoms with E-state index in [1.165, 1.54) is 18.3 Å². The molecule has 0 radical (unpaired) electrons. The minimum atomic E-state index is -4.67. The SMILES string of the molecule is N#Cc1ccc(Nc2ncc(Br)cc2F)cc1C(F)(F)F. The van der Waals surface area contributed by atoms with Crippen molar-refractivity contribution in [3.05, 3.63) is 51.9 Å². The first-order valence-corrected chi connectivity index (χ1v) is 6.30. The summed E-state index contributed by atoms with van der Waals surface area (Å²) in [5, 5.41) is 11.1. The molecule has 0 fully saturated rings. The summed E-state index contributed by atoms with van der Waals surface area (Å²) in [5.41, 5.74) is -1.61. The van der Waals surface area contributed by atoms with E-state index in [1.807, 2.05) is 0 Å². The number of benzene rings is 1. The Balaban J connectivity index is 2.40. The van der Waals surface area contributed by atoms with Gasteiger partial charge in [-0.3, -0.25) is 0 Å². The lowest BCUT2D eigenvalue weighted by Crippen LogP contribution is -2.08. The van der Waals surface area contributed by atoms with Gasteiger partial charge < -0.3 is 5.32 Å². The molecule has 108 valence electrons. The molecule has 2 rings (SSSR count). The van der Waals surface area contributed by atoms with E-state index < -0.39 is 23.1 Å². The number of alkyl halides is 3. The third kappa shape index (κ3) is 3.49. The largest absolute Gasteiger partial charge is 0.417 e. The van der Waals surface area contributed by atoms with Crippen LogP contribution in [-0.2, 0) is 6.18 Å². The van der Waals surface area contributed by atoms with Gasteiger partial charge in [0.25, 0.3) is 0 Å². The van der Waals surface area contributed by atoms with Gasteiger partial charge in [0, 0.05) is 16.4 Å². The molecule has 21 heavy (non-hydrogen) atoms. The number of pyridine rings is 1. The van der Waals surface area contributed by atoms with E-state index in [2.05, 4.69) is 26.2 Å². The van der Waals surface area contributed by atoms with Crippen LogP contribution in [-0.4, -0.2) is 4.98 Å². The highest BCUT2D eigenvalue weighted by molar-refractivity contribution is 9.10. The van der Waals surface area contributed by atoms with Crippen molar-refractivity contribution in [2.24, 2.45) is 0 Å². The predicted molar refractivity (Wildman–Crippen MR) is 71.3 cm³/mol. The monoisotopic (exact) mass is 359 g/mol. The molecule has 0 aliphatic heterocycles. The summed E-state index contributed by atoms with van der Waals surface area (Å²) in [7, 11) is 0. The Kier molecular flexibility index (Phi) is 4.14. The summed E-state index contributed by atoms with van der Waals surface area (Å²) in [4.78, 5) is 3.73. The molecule has 1 heterocycles. The van der Waals surface area contributed by atoms with Crippen molar-refractivity contribution in [3.8, 4) is 6.07 Å². The van der Waals surface area contributed by atoms with E-state index in [9.17, 15) is 17.6 Å². The topological polar surface area (TPSA) is 48.7 Å². The molecule has 3 nitrogen and oxygen atoms in total. The zero-order valence-corrected chi connectivity index (χ0v) is 11.8. The van der Waals surface area contributed by atoms with E-state index in [-0.39, 0.29) is 11.5 Å². The Morgan fingerprint density at radius 3 is 2.52 bits per heavy atom. The van der Waals surface area contributed by atoms with Crippen molar-refractivity contribution in [2.75, 3.05) is 5.32 Å². The Hall–Kier alpha value is -2.14. The highest BCUT2D eigenvalue weighted by Crippen LogP contribution is 2.34. The fraction of sp³-hybridized carbons (Fsp3) is 0.0769. The summed E-state index contributed by atoms with van der Waals surface area (Å²) in [6, 6.07) is 5.60. The van der Waals surface area contributed by atoms with Gasteiger partial charge in [-0.2, -0.15) is 18.4 Å². The third-order valence-electron chi connectivity index (χ3n) is 2.52. The molecule has 0 spiro atoms. The van der Waals surface area contributed by atoms with Crippen molar-refractivity contribution in [3.63, 3.8) is 0 Å². The number of halogens is 5. The molecule has 0 amide bonds. The molecule has 2 aromatic rings. The maximum Gasteiger partial charge on any atom is 0.417 e. The lowest BCUT2D eigenvalue weighted by Gasteiger charge is -2.12. The second kappa shape index (κ2) is 5.69. The molecule has 0 aliphatic carbocycles. The van der Waals surface area contributed by atoms with Crippen LogP contribution in [0, 0.1) is 17.1 Å². The second-order valence-electron chi connectivity index (χ2n) is 3.98. The zero-order valence-electron chi connectivity index (χ0n) is 10.2. The van der Waals surface area contributed by atoms with Crippen LogP contribution in [0.2, 0.25) is 0 Å². The summed E-state index contributed by atoms with van der Waals surface area (Å²) in [5.74, 6) is -0.932. The van der Waals surface area contributed by atoms with Gasteiger partial charge in [0.1, 0.15) is 0 Å². The lowest BCUT2D eigenvalue weighted by molar-refractivity contribution is -0.137. The molecule has 8 heteroatoms. The van der Waals surface area contributed by atoms with Crippen molar-refractivity contribution >= 4 is 27.4 Å². The zero-order chi connectivity index (χ0) is 15.6. The normalized spacial score (nSPS) is 11.0. The Bertz CT molecular complexity index is 722. The first-order chi connectivity index (χ1) is 9.81. The van der Waals surface area contributed by atoms with Crippen LogP contribution >= 0.6 is 15.9 Å². The van der Waals surface area contributed by atoms with Crippen molar-refractivity contribution in [2.45, 2.75) is 6.18 Å². The highest BCUT2D eigenvalue weighted by atomic mass is 79.9. The maximum atomic E-state index is 13.6. The van der Waals surface area contributed by atoms with Crippen LogP contribution in [0.25, 0.3) is 0 Å². The second-order valence-corrected chi connectivity index (χ2v) is 4.89. The molecule has 0 atom stereocenters. The molecule has 0 aliphatic rings. The molecule has 0 unspecified atom stereocenters. The van der Waals surface area contributed by atoms with E-state index in [0.29, 0.717) is 4.47 Å². The Morgan fingerprint density at radius 2 is 1.95 bits per heavy atom. The van der Waals surface area contributed by atoms with E-state index in [1.54, 1.807) is 0 Å². The molecule has 1 aromatic carbocycles. The van der Waals surface area contributed by atoms with Crippen LogP contribution in [0.15, 0.2) is 34.9 Å². The number of nitrogens with zero attached hydrogens (tertiary/aromatic N) is 2. The van der Waals surface area contributed by atoms with E-state index >= 15 is 0 Å². The number of rotatable bonds is 2. The first-order valence-electron chi connectivity index (χ1n) is 5.50. The Labute approximate surface area is 125 Å². The van der Waals surface area contributed by atoms with Crippen molar-refractivity contribution in [1.82, 2.24) is 4.98 Å². The van der Waals surface area contributed by atoms with E-state index in [0.717, 1.165) is 18.2 Å². The van der Waals surface area contributed by atoms with E-state index in [4.69, 9.17) is 5.26 Å². The Morgan fingerprint density at radius 1 is 1.24 bits per heavy atom. The number of nitrogens with one attached hydrogen (secondary N) is 1. The number of nitriles is 1. The molecule has 0 saturated carbocycles. The van der Waals surface area contributed by atoms with Crippen LogP contribution in [0.3, 0.4) is 0 Å². The average Bonchev–Trinajstić information content (AvgIpc) is 2.41. The van der Waals surface area contributed by atoms with Crippen molar-refractivity contribution in [1.29, 1.82) is 5.26 Å². The first kappa shape index (κ1) is 15.3. The number of aromatic nitrogens is 1. The molecular weight excluding hydrogens is 354 g/mol. The maximum absolute atomic E-state index is 13.6. The summed E-state index contributed by atoms with van der Waals surface area (Å²) < 4.78 is 52.4. The molecule has 0 bridgehead atoms. The summed E-state index contributed by atoms with van der Waals surface area (Å²) in [6.45, 7) is 0. The van der Waals surface area contributed by atoms with Gasteiger partial charge in [-0.15, -0.1) is 0 Å². The number of hydrogen-bond acceptors (Lipinski definition) is 3. The highest BCUT2D eigenvalue weighted by Gasteiger charge is 2.33. The fourth-order valence-electron chi connectivity index (χ4n) is 1.60. The lowest BCUT2D eigenvalue weighted by atomic mass is 10.1. The van der Waals surface area contributed by atoms with Gasteiger partial charge in [-0.25, -0.2) is 9.37 Å². The molecular formula is C13H6BrF4N3. The number of anilines is 2. The third-order valence-corrected chi connectivity index (χ3v) is 2.95. The van der Waals surface area contributed by atoms with Crippen LogP contribution in [0.1, 0.15) is 11.1 Å².